The SMILES string of the molecule is Cc1cccc(CCNC(=O)NCC(C)(O)c2ccco2)c1. The monoisotopic (exact) mass is 302 g/mol. The lowest BCUT2D eigenvalue weighted by Crippen LogP contribution is -2.43. The van der Waals surface area contributed by atoms with Gasteiger partial charge in [0.15, 0.2) is 0 Å². The summed E-state index contributed by atoms with van der Waals surface area (Å²) in [5.74, 6) is 0.424. The first-order valence-corrected chi connectivity index (χ1v) is 7.31. The number of amides is 2. The van der Waals surface area contributed by atoms with Crippen LogP contribution in [0.15, 0.2) is 47.1 Å². The second-order valence-electron chi connectivity index (χ2n) is 5.60. The fraction of sp³-hybridized carbons (Fsp3) is 0.353. The zero-order valence-electron chi connectivity index (χ0n) is 12.9. The Labute approximate surface area is 130 Å². The molecule has 118 valence electrons. The van der Waals surface area contributed by atoms with E-state index in [9.17, 15) is 9.90 Å². The molecule has 0 fully saturated rings. The second-order valence-corrected chi connectivity index (χ2v) is 5.60. The Morgan fingerprint density at radius 2 is 2.09 bits per heavy atom. The lowest BCUT2D eigenvalue weighted by atomic mass is 10.0. The summed E-state index contributed by atoms with van der Waals surface area (Å²) in [5.41, 5.74) is 1.16. The fourth-order valence-corrected chi connectivity index (χ4v) is 2.18. The van der Waals surface area contributed by atoms with E-state index in [1.54, 1.807) is 19.1 Å². The van der Waals surface area contributed by atoms with Crippen LogP contribution in [0.1, 0.15) is 23.8 Å². The Kier molecular flexibility index (Phi) is 5.22. The van der Waals surface area contributed by atoms with E-state index >= 15 is 0 Å². The van der Waals surface area contributed by atoms with Crippen molar-refractivity contribution in [1.29, 1.82) is 0 Å². The highest BCUT2D eigenvalue weighted by molar-refractivity contribution is 5.73. The molecule has 0 radical (unpaired) electrons. The molecule has 0 saturated carbocycles. The molecule has 0 aliphatic rings. The molecule has 2 rings (SSSR count). The van der Waals surface area contributed by atoms with E-state index in [4.69, 9.17) is 4.42 Å². The number of nitrogens with one attached hydrogen (secondary N) is 2. The Morgan fingerprint density at radius 1 is 1.27 bits per heavy atom. The summed E-state index contributed by atoms with van der Waals surface area (Å²) in [7, 11) is 0. The number of rotatable bonds is 6. The average molecular weight is 302 g/mol. The van der Waals surface area contributed by atoms with Crippen molar-refractivity contribution >= 4 is 6.03 Å². The smallest absolute Gasteiger partial charge is 0.314 e. The van der Waals surface area contributed by atoms with E-state index in [1.165, 1.54) is 17.4 Å². The van der Waals surface area contributed by atoms with Gasteiger partial charge in [0.25, 0.3) is 0 Å². The molecule has 5 heteroatoms. The van der Waals surface area contributed by atoms with Gasteiger partial charge in [0.05, 0.1) is 12.8 Å². The molecular weight excluding hydrogens is 280 g/mol. The van der Waals surface area contributed by atoms with Crippen molar-refractivity contribution in [2.24, 2.45) is 0 Å². The maximum absolute atomic E-state index is 11.8. The van der Waals surface area contributed by atoms with Crippen LogP contribution >= 0.6 is 0 Å². The van der Waals surface area contributed by atoms with E-state index in [1.807, 2.05) is 25.1 Å². The van der Waals surface area contributed by atoms with Crippen molar-refractivity contribution in [3.8, 4) is 0 Å². The molecular formula is C17H22N2O3. The molecule has 0 saturated heterocycles. The summed E-state index contributed by atoms with van der Waals surface area (Å²) < 4.78 is 5.16. The Hall–Kier alpha value is -2.27. The molecule has 0 bridgehead atoms. The van der Waals surface area contributed by atoms with Crippen LogP contribution in [0.25, 0.3) is 0 Å². The summed E-state index contributed by atoms with van der Waals surface area (Å²) in [6, 6.07) is 11.3. The van der Waals surface area contributed by atoms with Gasteiger partial charge in [0, 0.05) is 6.54 Å². The Bertz CT molecular complexity index is 606. The quantitative estimate of drug-likeness (QED) is 0.766. The van der Waals surface area contributed by atoms with Gasteiger partial charge in [0.1, 0.15) is 11.4 Å². The van der Waals surface area contributed by atoms with Gasteiger partial charge in [0.2, 0.25) is 0 Å². The summed E-state index contributed by atoms with van der Waals surface area (Å²) in [6.07, 6.45) is 2.26. The molecule has 1 aromatic carbocycles. The molecule has 3 N–H and O–H groups in total. The number of aryl methyl sites for hydroxylation is 1. The van der Waals surface area contributed by atoms with Crippen molar-refractivity contribution in [1.82, 2.24) is 10.6 Å². The van der Waals surface area contributed by atoms with Crippen molar-refractivity contribution in [2.75, 3.05) is 13.1 Å². The fourth-order valence-electron chi connectivity index (χ4n) is 2.18. The number of benzene rings is 1. The van der Waals surface area contributed by atoms with Crippen LogP contribution in [-0.4, -0.2) is 24.2 Å². The first kappa shape index (κ1) is 16.1. The topological polar surface area (TPSA) is 74.5 Å². The molecule has 22 heavy (non-hydrogen) atoms. The normalized spacial score (nSPS) is 13.4. The number of furan rings is 1. The zero-order chi connectivity index (χ0) is 16.0. The van der Waals surface area contributed by atoms with Gasteiger partial charge in [-0.2, -0.15) is 0 Å². The minimum atomic E-state index is -1.22. The van der Waals surface area contributed by atoms with Crippen molar-refractivity contribution in [3.63, 3.8) is 0 Å². The van der Waals surface area contributed by atoms with Crippen LogP contribution < -0.4 is 10.6 Å². The van der Waals surface area contributed by atoms with E-state index in [0.29, 0.717) is 12.3 Å². The molecule has 1 heterocycles. The standard InChI is InChI=1S/C17H22N2O3/c1-13-5-3-6-14(11-13)8-9-18-16(20)19-12-17(2,21)15-7-4-10-22-15/h3-7,10-11,21H,8-9,12H2,1-2H3,(H2,18,19,20). The zero-order valence-corrected chi connectivity index (χ0v) is 12.9. The molecule has 1 atom stereocenters. The number of hydrogen-bond acceptors (Lipinski definition) is 3. The molecule has 1 aromatic heterocycles. The van der Waals surface area contributed by atoms with Gasteiger partial charge in [-0.3, -0.25) is 0 Å². The average Bonchev–Trinajstić information content (AvgIpc) is 3.00. The summed E-state index contributed by atoms with van der Waals surface area (Å²) >= 11 is 0. The van der Waals surface area contributed by atoms with Crippen molar-refractivity contribution in [3.05, 3.63) is 59.5 Å². The van der Waals surface area contributed by atoms with E-state index in [-0.39, 0.29) is 12.6 Å². The van der Waals surface area contributed by atoms with E-state index in [0.717, 1.165) is 6.42 Å². The van der Waals surface area contributed by atoms with Crippen molar-refractivity contribution < 1.29 is 14.3 Å². The first-order chi connectivity index (χ1) is 10.5. The lowest BCUT2D eigenvalue weighted by molar-refractivity contribution is 0.0367. The van der Waals surface area contributed by atoms with Crippen LogP contribution in [0.2, 0.25) is 0 Å². The number of aliphatic hydroxyl groups is 1. The third kappa shape index (κ3) is 4.63. The van der Waals surface area contributed by atoms with Crippen LogP contribution in [0.5, 0.6) is 0 Å². The minimum Gasteiger partial charge on any atom is -0.466 e. The third-order valence-corrected chi connectivity index (χ3v) is 3.43. The number of urea groups is 1. The summed E-state index contributed by atoms with van der Waals surface area (Å²) in [5, 5.41) is 15.6. The lowest BCUT2D eigenvalue weighted by Gasteiger charge is -2.21. The number of carbonyl (C=O) groups excluding carboxylic acids is 1. The second kappa shape index (κ2) is 7.13. The molecule has 0 spiro atoms. The van der Waals surface area contributed by atoms with Crippen LogP contribution in [0.3, 0.4) is 0 Å². The largest absolute Gasteiger partial charge is 0.466 e. The summed E-state index contributed by atoms with van der Waals surface area (Å²) in [4.78, 5) is 11.8. The van der Waals surface area contributed by atoms with Gasteiger partial charge < -0.3 is 20.2 Å². The number of hydrogen-bond donors (Lipinski definition) is 3. The molecule has 0 aliphatic carbocycles. The van der Waals surface area contributed by atoms with Crippen LogP contribution in [0, 0.1) is 6.92 Å². The maximum atomic E-state index is 11.8. The van der Waals surface area contributed by atoms with Gasteiger partial charge in [-0.1, -0.05) is 29.8 Å². The van der Waals surface area contributed by atoms with Crippen molar-refractivity contribution in [2.45, 2.75) is 25.9 Å². The highest BCUT2D eigenvalue weighted by atomic mass is 16.4. The first-order valence-electron chi connectivity index (χ1n) is 7.31. The van der Waals surface area contributed by atoms with Gasteiger partial charge in [-0.25, -0.2) is 4.79 Å². The predicted octanol–water partition coefficient (Wildman–Crippen LogP) is 2.34. The van der Waals surface area contributed by atoms with E-state index < -0.39 is 5.60 Å². The highest BCUT2D eigenvalue weighted by Gasteiger charge is 2.26. The minimum absolute atomic E-state index is 0.0802. The molecule has 0 aliphatic heterocycles. The third-order valence-electron chi connectivity index (χ3n) is 3.43. The van der Waals surface area contributed by atoms with Gasteiger partial charge >= 0.3 is 6.03 Å². The van der Waals surface area contributed by atoms with Crippen LogP contribution in [0.4, 0.5) is 4.79 Å². The predicted molar refractivity (Wildman–Crippen MR) is 84.6 cm³/mol. The molecule has 1 unspecified atom stereocenters. The Balaban J connectivity index is 1.72. The molecule has 2 aromatic rings. The molecule has 5 nitrogen and oxygen atoms in total. The highest BCUT2D eigenvalue weighted by Crippen LogP contribution is 2.19. The van der Waals surface area contributed by atoms with E-state index in [2.05, 4.69) is 16.7 Å². The number of carbonyl (C=O) groups is 1. The molecule has 2 amide bonds. The van der Waals surface area contributed by atoms with Gasteiger partial charge in [-0.15, -0.1) is 0 Å². The maximum Gasteiger partial charge on any atom is 0.314 e. The summed E-state index contributed by atoms with van der Waals surface area (Å²) in [6.45, 7) is 4.26. The van der Waals surface area contributed by atoms with Gasteiger partial charge in [-0.05, 0) is 38.0 Å². The van der Waals surface area contributed by atoms with Crippen LogP contribution in [-0.2, 0) is 12.0 Å². The Morgan fingerprint density at radius 3 is 2.77 bits per heavy atom.